The molecule has 0 aromatic heterocycles. The van der Waals surface area contributed by atoms with Crippen molar-refractivity contribution in [1.82, 2.24) is 0 Å². The molecule has 1 nitrogen and oxygen atoms in total. The predicted molar refractivity (Wildman–Crippen MR) is 78.7 cm³/mol. The van der Waals surface area contributed by atoms with Crippen LogP contribution < -0.4 is 0 Å². The average Bonchev–Trinajstić information content (AvgIpc) is 2.39. The average molecular weight is 305 g/mol. The van der Waals surface area contributed by atoms with Crippen molar-refractivity contribution in [2.45, 2.75) is 25.9 Å². The van der Waals surface area contributed by atoms with E-state index in [1.54, 1.807) is 0 Å². The third kappa shape index (κ3) is 3.01. The lowest BCUT2D eigenvalue weighted by molar-refractivity contribution is 0.220. The molecule has 0 fully saturated rings. The highest BCUT2D eigenvalue weighted by atomic mass is 79.9. The van der Waals surface area contributed by atoms with Crippen LogP contribution in [0.15, 0.2) is 53.0 Å². The maximum Gasteiger partial charge on any atom is 0.104 e. The zero-order valence-corrected chi connectivity index (χ0v) is 12.2. The van der Waals surface area contributed by atoms with Crippen molar-refractivity contribution in [3.05, 3.63) is 69.7 Å². The Morgan fingerprint density at radius 2 is 1.50 bits per heavy atom. The van der Waals surface area contributed by atoms with Gasteiger partial charge in [-0.25, -0.2) is 0 Å². The van der Waals surface area contributed by atoms with Gasteiger partial charge in [-0.2, -0.15) is 0 Å². The molecule has 0 saturated carbocycles. The molecule has 0 saturated heterocycles. The summed E-state index contributed by atoms with van der Waals surface area (Å²) in [5.41, 5.74) is 3.12. The lowest BCUT2D eigenvalue weighted by atomic mass is 9.96. The van der Waals surface area contributed by atoms with Crippen LogP contribution in [0, 0.1) is 0 Å². The van der Waals surface area contributed by atoms with Gasteiger partial charge in [-0.1, -0.05) is 66.2 Å². The van der Waals surface area contributed by atoms with E-state index in [2.05, 4.69) is 41.9 Å². The van der Waals surface area contributed by atoms with E-state index < -0.39 is 6.10 Å². The van der Waals surface area contributed by atoms with Crippen molar-refractivity contribution in [3.63, 3.8) is 0 Å². The second-order valence-electron chi connectivity index (χ2n) is 4.78. The van der Waals surface area contributed by atoms with Gasteiger partial charge in [-0.3, -0.25) is 0 Å². The smallest absolute Gasteiger partial charge is 0.104 e. The number of aliphatic hydroxyl groups excluding tert-OH is 1. The Hall–Kier alpha value is -1.12. The largest absolute Gasteiger partial charge is 0.384 e. The Kier molecular flexibility index (Phi) is 4.20. The summed E-state index contributed by atoms with van der Waals surface area (Å²) < 4.78 is 1.02. The number of aliphatic hydroxyl groups is 1. The van der Waals surface area contributed by atoms with Crippen LogP contribution in [0.3, 0.4) is 0 Å². The summed E-state index contributed by atoms with van der Waals surface area (Å²) in [6.45, 7) is 4.32. The lowest BCUT2D eigenvalue weighted by Crippen LogP contribution is -2.00. The Labute approximate surface area is 117 Å². The van der Waals surface area contributed by atoms with Gasteiger partial charge in [0, 0.05) is 4.47 Å². The van der Waals surface area contributed by atoms with Crippen LogP contribution in [-0.2, 0) is 0 Å². The lowest BCUT2D eigenvalue weighted by Gasteiger charge is -2.14. The Morgan fingerprint density at radius 3 is 2.11 bits per heavy atom. The molecule has 94 valence electrons. The minimum absolute atomic E-state index is 0.474. The topological polar surface area (TPSA) is 20.2 Å². The molecule has 0 heterocycles. The summed E-state index contributed by atoms with van der Waals surface area (Å²) in [4.78, 5) is 0. The standard InChI is InChI=1S/C16H17BrO/c1-11(2)13-4-3-5-14(10-13)16(18)12-6-8-15(17)9-7-12/h3-11,16,18H,1-2H3/t16-/m1/s1. The summed E-state index contributed by atoms with van der Waals surface area (Å²) in [5, 5.41) is 10.4. The number of hydrogen-bond donors (Lipinski definition) is 1. The summed E-state index contributed by atoms with van der Waals surface area (Å²) in [5.74, 6) is 0.474. The van der Waals surface area contributed by atoms with Crippen LogP contribution in [0.1, 0.15) is 42.6 Å². The fourth-order valence-corrected chi connectivity index (χ4v) is 2.19. The monoisotopic (exact) mass is 304 g/mol. The fourth-order valence-electron chi connectivity index (χ4n) is 1.93. The normalized spacial score (nSPS) is 12.7. The van der Waals surface area contributed by atoms with Gasteiger partial charge in [0.15, 0.2) is 0 Å². The summed E-state index contributed by atoms with van der Waals surface area (Å²) in [7, 11) is 0. The van der Waals surface area contributed by atoms with Gasteiger partial charge < -0.3 is 5.11 Å². The first-order valence-electron chi connectivity index (χ1n) is 6.11. The van der Waals surface area contributed by atoms with Crippen LogP contribution in [0.4, 0.5) is 0 Å². The van der Waals surface area contributed by atoms with Crippen LogP contribution in [0.2, 0.25) is 0 Å². The third-order valence-corrected chi connectivity index (χ3v) is 3.61. The van der Waals surface area contributed by atoms with E-state index in [1.807, 2.05) is 36.4 Å². The van der Waals surface area contributed by atoms with Crippen molar-refractivity contribution in [2.24, 2.45) is 0 Å². The van der Waals surface area contributed by atoms with E-state index in [0.29, 0.717) is 5.92 Å². The van der Waals surface area contributed by atoms with E-state index >= 15 is 0 Å². The molecule has 1 N–H and O–H groups in total. The summed E-state index contributed by atoms with van der Waals surface area (Å²) in [6.07, 6.45) is -0.559. The first kappa shape index (κ1) is 13.3. The van der Waals surface area contributed by atoms with Crippen molar-refractivity contribution in [2.75, 3.05) is 0 Å². The van der Waals surface area contributed by atoms with Gasteiger partial charge in [0.25, 0.3) is 0 Å². The molecule has 0 radical (unpaired) electrons. The van der Waals surface area contributed by atoms with E-state index in [-0.39, 0.29) is 0 Å². The van der Waals surface area contributed by atoms with Crippen molar-refractivity contribution in [1.29, 1.82) is 0 Å². The Bertz CT molecular complexity index is 517. The van der Waals surface area contributed by atoms with Crippen LogP contribution >= 0.6 is 15.9 Å². The van der Waals surface area contributed by atoms with Gasteiger partial charge >= 0.3 is 0 Å². The highest BCUT2D eigenvalue weighted by Gasteiger charge is 2.11. The zero-order valence-electron chi connectivity index (χ0n) is 10.6. The van der Waals surface area contributed by atoms with Gasteiger partial charge in [0.05, 0.1) is 0 Å². The summed E-state index contributed by atoms with van der Waals surface area (Å²) in [6, 6.07) is 15.9. The minimum Gasteiger partial charge on any atom is -0.384 e. The van der Waals surface area contributed by atoms with Crippen LogP contribution in [-0.4, -0.2) is 5.11 Å². The number of benzene rings is 2. The molecular weight excluding hydrogens is 288 g/mol. The number of hydrogen-bond acceptors (Lipinski definition) is 1. The highest BCUT2D eigenvalue weighted by molar-refractivity contribution is 9.10. The molecule has 0 unspecified atom stereocenters. The zero-order chi connectivity index (χ0) is 13.1. The molecule has 0 spiro atoms. The molecule has 2 rings (SSSR count). The van der Waals surface area contributed by atoms with E-state index in [0.717, 1.165) is 15.6 Å². The second-order valence-corrected chi connectivity index (χ2v) is 5.69. The highest BCUT2D eigenvalue weighted by Crippen LogP contribution is 2.26. The molecular formula is C16H17BrO. The van der Waals surface area contributed by atoms with Gasteiger partial charge in [0.2, 0.25) is 0 Å². The van der Waals surface area contributed by atoms with E-state index in [9.17, 15) is 5.11 Å². The maximum absolute atomic E-state index is 10.4. The van der Waals surface area contributed by atoms with Crippen molar-refractivity contribution >= 4 is 15.9 Å². The van der Waals surface area contributed by atoms with Gasteiger partial charge in [0.1, 0.15) is 6.10 Å². The predicted octanol–water partition coefficient (Wildman–Crippen LogP) is 4.65. The molecule has 0 bridgehead atoms. The van der Waals surface area contributed by atoms with Crippen LogP contribution in [0.5, 0.6) is 0 Å². The first-order chi connectivity index (χ1) is 8.58. The molecule has 2 aromatic carbocycles. The minimum atomic E-state index is -0.559. The number of rotatable bonds is 3. The Morgan fingerprint density at radius 1 is 0.889 bits per heavy atom. The van der Waals surface area contributed by atoms with Crippen LogP contribution in [0.25, 0.3) is 0 Å². The molecule has 0 aliphatic carbocycles. The maximum atomic E-state index is 10.4. The van der Waals surface area contributed by atoms with Gasteiger partial charge in [-0.15, -0.1) is 0 Å². The first-order valence-corrected chi connectivity index (χ1v) is 6.90. The SMILES string of the molecule is CC(C)c1cccc([C@H](O)c2ccc(Br)cc2)c1. The summed E-state index contributed by atoms with van der Waals surface area (Å²) >= 11 is 3.40. The number of halogens is 1. The molecule has 0 amide bonds. The van der Waals surface area contributed by atoms with Gasteiger partial charge in [-0.05, 0) is 34.7 Å². The van der Waals surface area contributed by atoms with Crippen molar-refractivity contribution in [3.8, 4) is 0 Å². The molecule has 2 heteroatoms. The molecule has 0 aliphatic heterocycles. The third-order valence-electron chi connectivity index (χ3n) is 3.08. The fraction of sp³-hybridized carbons (Fsp3) is 0.250. The molecule has 2 aromatic rings. The molecule has 18 heavy (non-hydrogen) atoms. The van der Waals surface area contributed by atoms with E-state index in [4.69, 9.17) is 0 Å². The Balaban J connectivity index is 2.30. The quantitative estimate of drug-likeness (QED) is 0.875. The molecule has 1 atom stereocenters. The van der Waals surface area contributed by atoms with E-state index in [1.165, 1.54) is 5.56 Å². The van der Waals surface area contributed by atoms with Crippen molar-refractivity contribution < 1.29 is 5.11 Å². The molecule has 0 aliphatic rings. The second kappa shape index (κ2) is 5.68.